The van der Waals surface area contributed by atoms with Crippen molar-refractivity contribution in [3.05, 3.63) is 89.2 Å². The first-order valence-electron chi connectivity index (χ1n) is 11.8. The van der Waals surface area contributed by atoms with E-state index in [0.717, 1.165) is 5.56 Å². The number of rotatable bonds is 6. The summed E-state index contributed by atoms with van der Waals surface area (Å²) in [4.78, 5) is 27.9. The topological polar surface area (TPSA) is 65.1 Å². The van der Waals surface area contributed by atoms with Crippen molar-refractivity contribution in [1.82, 2.24) is 4.90 Å². The third kappa shape index (κ3) is 5.29. The van der Waals surface area contributed by atoms with Crippen molar-refractivity contribution in [2.75, 3.05) is 26.3 Å². The van der Waals surface area contributed by atoms with Crippen LogP contribution in [0.15, 0.2) is 66.7 Å². The van der Waals surface area contributed by atoms with E-state index in [1.54, 1.807) is 59.5 Å². The zero-order chi connectivity index (χ0) is 24.2. The molecule has 1 saturated heterocycles. The lowest BCUT2D eigenvalue weighted by atomic mass is 9.88. The van der Waals surface area contributed by atoms with Crippen LogP contribution in [0.1, 0.15) is 39.1 Å². The predicted molar refractivity (Wildman–Crippen MR) is 128 cm³/mol. The summed E-state index contributed by atoms with van der Waals surface area (Å²) in [5, 5.41) is 0. The largest absolute Gasteiger partial charge is 0.489 e. The number of ketones is 1. The first kappa shape index (κ1) is 22.9. The molecule has 3 aromatic rings. The Morgan fingerprint density at radius 2 is 1.63 bits per heavy atom. The average molecular weight is 476 g/mol. The predicted octanol–water partition coefficient (Wildman–Crippen LogP) is 4.91. The number of likely N-dealkylation sites (tertiary alicyclic amines) is 1. The Labute approximate surface area is 203 Å². The zero-order valence-corrected chi connectivity index (χ0v) is 19.2. The van der Waals surface area contributed by atoms with Gasteiger partial charge in [-0.05, 0) is 66.9 Å². The van der Waals surface area contributed by atoms with Crippen molar-refractivity contribution in [3.63, 3.8) is 0 Å². The van der Waals surface area contributed by atoms with Crippen LogP contribution in [-0.2, 0) is 6.61 Å². The van der Waals surface area contributed by atoms with Crippen LogP contribution >= 0.6 is 0 Å². The van der Waals surface area contributed by atoms with Gasteiger partial charge in [0.1, 0.15) is 31.4 Å². The molecule has 0 aliphatic carbocycles. The highest BCUT2D eigenvalue weighted by Crippen LogP contribution is 2.33. The second-order valence-electron chi connectivity index (χ2n) is 8.73. The maximum absolute atomic E-state index is 13.1. The molecule has 6 nitrogen and oxygen atoms in total. The fourth-order valence-electron chi connectivity index (χ4n) is 4.43. The lowest BCUT2D eigenvalue weighted by Crippen LogP contribution is -2.40. The van der Waals surface area contributed by atoms with Crippen LogP contribution < -0.4 is 14.2 Å². The Kier molecular flexibility index (Phi) is 6.66. The molecule has 2 aliphatic rings. The minimum Gasteiger partial charge on any atom is -0.489 e. The highest BCUT2D eigenvalue weighted by atomic mass is 19.1. The van der Waals surface area contributed by atoms with E-state index in [4.69, 9.17) is 14.2 Å². The van der Waals surface area contributed by atoms with Crippen molar-refractivity contribution < 1.29 is 28.2 Å². The van der Waals surface area contributed by atoms with Crippen LogP contribution in [0.2, 0.25) is 0 Å². The minimum absolute atomic E-state index is 0.0743. The number of amides is 1. The second kappa shape index (κ2) is 10.2. The third-order valence-corrected chi connectivity index (χ3v) is 6.38. The van der Waals surface area contributed by atoms with Crippen LogP contribution in [0.25, 0.3) is 0 Å². The Bertz CT molecular complexity index is 1220. The minimum atomic E-state index is -0.293. The van der Waals surface area contributed by atoms with Crippen molar-refractivity contribution in [2.45, 2.75) is 19.4 Å². The molecule has 3 aromatic carbocycles. The molecule has 180 valence electrons. The van der Waals surface area contributed by atoms with Gasteiger partial charge in [0.05, 0.1) is 0 Å². The molecule has 2 heterocycles. The van der Waals surface area contributed by atoms with E-state index in [9.17, 15) is 14.0 Å². The molecule has 0 aromatic heterocycles. The van der Waals surface area contributed by atoms with Crippen molar-refractivity contribution in [2.24, 2.45) is 5.92 Å². The van der Waals surface area contributed by atoms with Crippen molar-refractivity contribution in [3.8, 4) is 17.2 Å². The van der Waals surface area contributed by atoms with Gasteiger partial charge in [-0.2, -0.15) is 0 Å². The van der Waals surface area contributed by atoms with Gasteiger partial charge < -0.3 is 19.1 Å². The SMILES string of the molecule is O=C(c1ccc2c(c1)OCCO2)C1CCN(C(=O)c2cccc(OCc3ccc(F)cc3)c2)CC1. The molecule has 5 rings (SSSR count). The van der Waals surface area contributed by atoms with E-state index in [1.165, 1.54) is 12.1 Å². The number of halogens is 1. The maximum atomic E-state index is 13.1. The first-order valence-corrected chi connectivity index (χ1v) is 11.8. The quantitative estimate of drug-likeness (QED) is 0.474. The number of hydrogen-bond donors (Lipinski definition) is 0. The molecule has 0 saturated carbocycles. The van der Waals surface area contributed by atoms with Gasteiger partial charge >= 0.3 is 0 Å². The molecular weight excluding hydrogens is 449 g/mol. The molecule has 0 bridgehead atoms. The number of fused-ring (bicyclic) bond motifs is 1. The van der Waals surface area contributed by atoms with Gasteiger partial charge in [-0.25, -0.2) is 4.39 Å². The van der Waals surface area contributed by atoms with Gasteiger partial charge in [0.25, 0.3) is 5.91 Å². The fourth-order valence-corrected chi connectivity index (χ4v) is 4.43. The Morgan fingerprint density at radius 1 is 0.886 bits per heavy atom. The standard InChI is InChI=1S/C28H26FNO5/c29-23-7-4-19(5-8-23)18-35-24-3-1-2-22(16-24)28(32)30-12-10-20(11-13-30)27(31)21-6-9-25-26(17-21)34-15-14-33-25/h1-9,16-17,20H,10-15,18H2. The van der Waals surface area contributed by atoms with Gasteiger partial charge in [-0.15, -0.1) is 0 Å². The molecule has 1 fully saturated rings. The van der Waals surface area contributed by atoms with Gasteiger partial charge in [0, 0.05) is 30.1 Å². The first-order chi connectivity index (χ1) is 17.1. The number of hydrogen-bond acceptors (Lipinski definition) is 5. The second-order valence-corrected chi connectivity index (χ2v) is 8.73. The van der Waals surface area contributed by atoms with Gasteiger partial charge in [-0.3, -0.25) is 9.59 Å². The van der Waals surface area contributed by atoms with Gasteiger partial charge in [0.15, 0.2) is 17.3 Å². The van der Waals surface area contributed by atoms with Crippen LogP contribution in [-0.4, -0.2) is 42.9 Å². The highest BCUT2D eigenvalue weighted by molar-refractivity contribution is 5.99. The maximum Gasteiger partial charge on any atom is 0.253 e. The summed E-state index contributed by atoms with van der Waals surface area (Å²) in [5.74, 6) is 1.41. The number of benzene rings is 3. The lowest BCUT2D eigenvalue weighted by Gasteiger charge is -2.31. The fraction of sp³-hybridized carbons (Fsp3) is 0.286. The van der Waals surface area contributed by atoms with Crippen LogP contribution in [0.4, 0.5) is 4.39 Å². The van der Waals surface area contributed by atoms with E-state index in [0.29, 0.717) is 67.5 Å². The number of nitrogens with zero attached hydrogens (tertiary/aromatic N) is 1. The van der Waals surface area contributed by atoms with Crippen LogP contribution in [0.5, 0.6) is 17.2 Å². The summed E-state index contributed by atoms with van der Waals surface area (Å²) < 4.78 is 30.0. The molecule has 35 heavy (non-hydrogen) atoms. The molecule has 0 unspecified atom stereocenters. The summed E-state index contributed by atoms with van der Waals surface area (Å²) in [6.45, 7) is 2.30. The van der Waals surface area contributed by atoms with E-state index >= 15 is 0 Å². The molecule has 0 spiro atoms. The molecular formula is C28H26FNO5. The highest BCUT2D eigenvalue weighted by Gasteiger charge is 2.29. The summed E-state index contributed by atoms with van der Waals surface area (Å²) in [7, 11) is 0. The number of piperidine rings is 1. The Balaban J connectivity index is 1.17. The summed E-state index contributed by atoms with van der Waals surface area (Å²) >= 11 is 0. The molecule has 0 radical (unpaired) electrons. The van der Waals surface area contributed by atoms with Crippen LogP contribution in [0, 0.1) is 11.7 Å². The number of ether oxygens (including phenoxy) is 3. The summed E-state index contributed by atoms with van der Waals surface area (Å²) in [5.41, 5.74) is 2.00. The molecule has 2 aliphatic heterocycles. The van der Waals surface area contributed by atoms with Gasteiger partial charge in [0.2, 0.25) is 0 Å². The molecule has 1 amide bonds. The van der Waals surface area contributed by atoms with Crippen molar-refractivity contribution in [1.29, 1.82) is 0 Å². The molecule has 0 N–H and O–H groups in total. The lowest BCUT2D eigenvalue weighted by molar-refractivity contribution is 0.0650. The smallest absolute Gasteiger partial charge is 0.253 e. The average Bonchev–Trinajstić information content (AvgIpc) is 2.92. The van der Waals surface area contributed by atoms with E-state index in [1.807, 2.05) is 0 Å². The number of Topliss-reactive ketones (excluding diaryl/α,β-unsaturated/α-hetero) is 1. The monoisotopic (exact) mass is 475 g/mol. The van der Waals surface area contributed by atoms with E-state index in [2.05, 4.69) is 0 Å². The third-order valence-electron chi connectivity index (χ3n) is 6.38. The number of carbonyl (C=O) groups excluding carboxylic acids is 2. The normalized spacial score (nSPS) is 15.5. The Hall–Kier alpha value is -3.87. The Morgan fingerprint density at radius 3 is 2.40 bits per heavy atom. The summed E-state index contributed by atoms with van der Waals surface area (Å²) in [6.07, 6.45) is 1.22. The zero-order valence-electron chi connectivity index (χ0n) is 19.2. The van der Waals surface area contributed by atoms with Crippen molar-refractivity contribution >= 4 is 11.7 Å². The molecule has 0 atom stereocenters. The van der Waals surface area contributed by atoms with E-state index < -0.39 is 0 Å². The summed E-state index contributed by atoms with van der Waals surface area (Å²) in [6, 6.07) is 18.5. The van der Waals surface area contributed by atoms with Crippen LogP contribution in [0.3, 0.4) is 0 Å². The van der Waals surface area contributed by atoms with Gasteiger partial charge in [-0.1, -0.05) is 18.2 Å². The molecule has 7 heteroatoms. The van der Waals surface area contributed by atoms with E-state index in [-0.39, 0.29) is 30.0 Å². The number of carbonyl (C=O) groups is 2.